The zero-order valence-corrected chi connectivity index (χ0v) is 12.7. The number of hydrogen-bond donors (Lipinski definition) is 3. The summed E-state index contributed by atoms with van der Waals surface area (Å²) in [4.78, 5) is 37.7. The van der Waals surface area contributed by atoms with Crippen molar-refractivity contribution in [3.8, 4) is 0 Å². The predicted octanol–water partition coefficient (Wildman–Crippen LogP) is 0.835. The van der Waals surface area contributed by atoms with E-state index in [0.717, 1.165) is 4.90 Å². The number of para-hydroxylation sites is 2. The van der Waals surface area contributed by atoms with Crippen molar-refractivity contribution in [1.82, 2.24) is 10.9 Å². The number of rotatable bonds is 4. The van der Waals surface area contributed by atoms with Crippen molar-refractivity contribution < 1.29 is 14.4 Å². The molecular formula is C17H16N4O3. The smallest absolute Gasteiger partial charge is 0.267 e. The first-order chi connectivity index (χ1) is 11.6. The molecule has 0 aromatic heterocycles. The highest BCUT2D eigenvalue weighted by Crippen LogP contribution is 2.22. The third kappa shape index (κ3) is 2.97. The van der Waals surface area contributed by atoms with Gasteiger partial charge in [-0.05, 0) is 24.3 Å². The van der Waals surface area contributed by atoms with Gasteiger partial charge in [0.25, 0.3) is 11.8 Å². The number of nitrogens with two attached hydrogens (primary N) is 1. The number of imide groups is 1. The first kappa shape index (κ1) is 15.7. The number of nitrogens with one attached hydrogen (secondary N) is 2. The predicted molar refractivity (Wildman–Crippen MR) is 88.8 cm³/mol. The van der Waals surface area contributed by atoms with Crippen LogP contribution >= 0.6 is 0 Å². The van der Waals surface area contributed by atoms with Gasteiger partial charge in [-0.25, -0.2) is 10.3 Å². The Morgan fingerprint density at radius 2 is 1.71 bits per heavy atom. The molecule has 122 valence electrons. The lowest BCUT2D eigenvalue weighted by atomic mass is 10.2. The number of nitrogens with zero attached hydrogens (tertiary/aromatic N) is 1. The number of hydrogen-bond acceptors (Lipinski definition) is 5. The molecule has 7 nitrogen and oxygen atoms in total. The van der Waals surface area contributed by atoms with Crippen molar-refractivity contribution in [2.24, 2.45) is 0 Å². The number of carbonyl (C=O) groups is 3. The van der Waals surface area contributed by atoms with Crippen molar-refractivity contribution in [3.63, 3.8) is 0 Å². The topological polar surface area (TPSA) is 105 Å². The number of amides is 3. The average Bonchev–Trinajstić information content (AvgIpc) is 2.87. The highest BCUT2D eigenvalue weighted by Gasteiger charge is 2.39. The number of benzene rings is 2. The fourth-order valence-electron chi connectivity index (χ4n) is 2.52. The van der Waals surface area contributed by atoms with Crippen LogP contribution in [-0.2, 0) is 9.59 Å². The first-order valence-corrected chi connectivity index (χ1v) is 7.40. The highest BCUT2D eigenvalue weighted by atomic mass is 16.2. The molecule has 1 fully saturated rings. The molecule has 0 spiro atoms. The SMILES string of the molecule is Nc1ccccc1C(=O)NNC1CC(=O)N(c2ccccc2)C1=O. The molecule has 1 saturated heterocycles. The van der Waals surface area contributed by atoms with Gasteiger partial charge in [-0.15, -0.1) is 0 Å². The van der Waals surface area contributed by atoms with Crippen LogP contribution in [0.1, 0.15) is 16.8 Å². The zero-order chi connectivity index (χ0) is 17.1. The Labute approximate surface area is 138 Å². The lowest BCUT2D eigenvalue weighted by Gasteiger charge is -2.16. The van der Waals surface area contributed by atoms with Crippen LogP contribution < -0.4 is 21.5 Å². The third-order valence-corrected chi connectivity index (χ3v) is 3.73. The van der Waals surface area contributed by atoms with Gasteiger partial charge in [-0.3, -0.25) is 19.8 Å². The van der Waals surface area contributed by atoms with E-state index in [1.165, 1.54) is 0 Å². The molecule has 0 aliphatic carbocycles. The summed E-state index contributed by atoms with van der Waals surface area (Å²) < 4.78 is 0. The van der Waals surface area contributed by atoms with Gasteiger partial charge in [0.1, 0.15) is 6.04 Å². The van der Waals surface area contributed by atoms with Gasteiger partial charge in [0.05, 0.1) is 17.7 Å². The lowest BCUT2D eigenvalue weighted by Crippen LogP contribution is -2.48. The summed E-state index contributed by atoms with van der Waals surface area (Å²) in [6.07, 6.45) is -0.0295. The Kier molecular flexibility index (Phi) is 4.26. The van der Waals surface area contributed by atoms with E-state index in [4.69, 9.17) is 5.73 Å². The van der Waals surface area contributed by atoms with Gasteiger partial charge >= 0.3 is 0 Å². The Bertz CT molecular complexity index is 791. The normalized spacial score (nSPS) is 17.2. The maximum absolute atomic E-state index is 12.4. The molecule has 1 heterocycles. The minimum absolute atomic E-state index is 0.0295. The summed E-state index contributed by atoms with van der Waals surface area (Å²) in [6.45, 7) is 0. The lowest BCUT2D eigenvalue weighted by molar-refractivity contribution is -0.121. The van der Waals surface area contributed by atoms with E-state index in [0.29, 0.717) is 16.9 Å². The van der Waals surface area contributed by atoms with Gasteiger partial charge in [0.2, 0.25) is 5.91 Å². The van der Waals surface area contributed by atoms with E-state index in [2.05, 4.69) is 10.9 Å². The molecule has 2 aromatic carbocycles. The summed E-state index contributed by atoms with van der Waals surface area (Å²) >= 11 is 0. The van der Waals surface area contributed by atoms with Gasteiger partial charge < -0.3 is 5.73 Å². The van der Waals surface area contributed by atoms with Gasteiger partial charge in [-0.2, -0.15) is 0 Å². The maximum Gasteiger partial charge on any atom is 0.267 e. The molecule has 0 saturated carbocycles. The Hall–Kier alpha value is -3.19. The Morgan fingerprint density at radius 1 is 1.04 bits per heavy atom. The van der Waals surface area contributed by atoms with Gasteiger partial charge in [0, 0.05) is 5.69 Å². The Balaban J connectivity index is 1.67. The second-order valence-corrected chi connectivity index (χ2v) is 5.35. The maximum atomic E-state index is 12.4. The first-order valence-electron chi connectivity index (χ1n) is 7.40. The molecule has 3 amide bonds. The van der Waals surface area contributed by atoms with Crippen LogP contribution in [0.3, 0.4) is 0 Å². The standard InChI is InChI=1S/C17H16N4O3/c18-13-9-5-4-8-12(13)16(23)20-19-14-10-15(22)21(17(14)24)11-6-2-1-3-7-11/h1-9,14,19H,10,18H2,(H,20,23). The molecule has 3 rings (SSSR count). The minimum Gasteiger partial charge on any atom is -0.398 e. The number of hydrazine groups is 1. The number of nitrogen functional groups attached to an aromatic ring is 1. The minimum atomic E-state index is -0.813. The molecule has 1 unspecified atom stereocenters. The summed E-state index contributed by atoms with van der Waals surface area (Å²) in [6, 6.07) is 14.4. The van der Waals surface area contributed by atoms with Crippen molar-refractivity contribution in [2.45, 2.75) is 12.5 Å². The monoisotopic (exact) mass is 324 g/mol. The van der Waals surface area contributed by atoms with Crippen LogP contribution in [0.15, 0.2) is 54.6 Å². The molecule has 2 aromatic rings. The quantitative estimate of drug-likeness (QED) is 0.439. The molecule has 1 aliphatic rings. The van der Waals surface area contributed by atoms with Crippen molar-refractivity contribution in [3.05, 3.63) is 60.2 Å². The number of carbonyl (C=O) groups excluding carboxylic acids is 3. The zero-order valence-electron chi connectivity index (χ0n) is 12.7. The summed E-state index contributed by atoms with van der Waals surface area (Å²) in [5.41, 5.74) is 11.9. The van der Waals surface area contributed by atoms with Crippen LogP contribution in [0.2, 0.25) is 0 Å². The summed E-state index contributed by atoms with van der Waals surface area (Å²) in [5, 5.41) is 0. The Morgan fingerprint density at radius 3 is 2.42 bits per heavy atom. The molecule has 24 heavy (non-hydrogen) atoms. The van der Waals surface area contributed by atoms with E-state index >= 15 is 0 Å². The number of anilines is 2. The highest BCUT2D eigenvalue weighted by molar-refractivity contribution is 6.22. The summed E-state index contributed by atoms with van der Waals surface area (Å²) in [7, 11) is 0. The molecule has 1 aliphatic heterocycles. The van der Waals surface area contributed by atoms with E-state index in [9.17, 15) is 14.4 Å². The van der Waals surface area contributed by atoms with Crippen LogP contribution in [0, 0.1) is 0 Å². The molecule has 0 radical (unpaired) electrons. The van der Waals surface area contributed by atoms with E-state index in [1.54, 1.807) is 54.6 Å². The largest absolute Gasteiger partial charge is 0.398 e. The second-order valence-electron chi connectivity index (χ2n) is 5.35. The van der Waals surface area contributed by atoms with Crippen LogP contribution in [0.25, 0.3) is 0 Å². The summed E-state index contributed by atoms with van der Waals surface area (Å²) in [5.74, 6) is -1.20. The van der Waals surface area contributed by atoms with Gasteiger partial charge in [-0.1, -0.05) is 30.3 Å². The van der Waals surface area contributed by atoms with E-state index < -0.39 is 17.9 Å². The fraction of sp³-hybridized carbons (Fsp3) is 0.118. The molecule has 7 heteroatoms. The van der Waals surface area contributed by atoms with Crippen molar-refractivity contribution in [2.75, 3.05) is 10.6 Å². The molecular weight excluding hydrogens is 308 g/mol. The van der Waals surface area contributed by atoms with E-state index in [1.807, 2.05) is 0 Å². The van der Waals surface area contributed by atoms with Crippen molar-refractivity contribution in [1.29, 1.82) is 0 Å². The fourth-order valence-corrected chi connectivity index (χ4v) is 2.52. The van der Waals surface area contributed by atoms with Crippen molar-refractivity contribution >= 4 is 29.1 Å². The van der Waals surface area contributed by atoms with E-state index in [-0.39, 0.29) is 12.3 Å². The third-order valence-electron chi connectivity index (χ3n) is 3.73. The average molecular weight is 324 g/mol. The van der Waals surface area contributed by atoms with Crippen LogP contribution in [0.4, 0.5) is 11.4 Å². The van der Waals surface area contributed by atoms with Gasteiger partial charge in [0.15, 0.2) is 0 Å². The van der Waals surface area contributed by atoms with Crippen LogP contribution in [0.5, 0.6) is 0 Å². The molecule has 1 atom stereocenters. The molecule has 4 N–H and O–H groups in total. The molecule has 0 bridgehead atoms. The van der Waals surface area contributed by atoms with Crippen LogP contribution in [-0.4, -0.2) is 23.8 Å². The second kappa shape index (κ2) is 6.51.